The first-order valence-electron chi connectivity index (χ1n) is 20.3. The molecule has 14 nitrogen and oxygen atoms in total. The van der Waals surface area contributed by atoms with Gasteiger partial charge in [0.05, 0.1) is 63.9 Å². The lowest BCUT2D eigenvalue weighted by atomic mass is 9.74. The van der Waals surface area contributed by atoms with Crippen LogP contribution < -0.4 is 0 Å². The molecule has 4 heterocycles. The summed E-state index contributed by atoms with van der Waals surface area (Å²) in [5, 5.41) is 34.0. The van der Waals surface area contributed by atoms with Crippen LogP contribution in [-0.2, 0) is 52.3 Å². The standard InChI is InChI=1S/C42H64O14/c1-6-7-8-9-10-14-36(45)55-40-28(21-38(47)51-5)20-34-25-35(26-43)54-39(48)23-29(44)22-30-12-11-13-31(52-30)24-33-18-27(19-37(46)50-4)17-32(53-33)15-16-41(2,3)42(40,49)56-34/h15-16,19,21,29-35,40,43-44,49H,6-14,17-18,20,22-26H2,1-5H3/b16-15-,27-19+,28-21+/t29-,30+,31-,32+,33+,34+,35-,40+,42-/m1/s1. The van der Waals surface area contributed by atoms with Crippen LogP contribution in [0.5, 0.6) is 0 Å². The molecule has 6 bridgehead atoms. The molecule has 0 saturated carbocycles. The summed E-state index contributed by atoms with van der Waals surface area (Å²) in [5.41, 5.74) is -0.299. The van der Waals surface area contributed by atoms with Gasteiger partial charge in [0.1, 0.15) is 6.10 Å². The highest BCUT2D eigenvalue weighted by atomic mass is 16.7. The van der Waals surface area contributed by atoms with Crippen molar-refractivity contribution in [2.75, 3.05) is 20.8 Å². The lowest BCUT2D eigenvalue weighted by molar-refractivity contribution is -0.327. The smallest absolute Gasteiger partial charge is 0.330 e. The second-order valence-corrected chi connectivity index (χ2v) is 16.2. The number of cyclic esters (lactones) is 1. The number of ether oxygens (including phenoxy) is 7. The zero-order chi connectivity index (χ0) is 40.9. The number of aliphatic hydroxyl groups is 3. The molecule has 316 valence electrons. The number of methoxy groups -OCH3 is 2. The molecule has 3 N–H and O–H groups in total. The van der Waals surface area contributed by atoms with Crippen molar-refractivity contribution >= 4 is 23.9 Å². The van der Waals surface area contributed by atoms with Crippen LogP contribution in [0.25, 0.3) is 0 Å². The molecule has 14 heteroatoms. The Morgan fingerprint density at radius 1 is 0.875 bits per heavy atom. The zero-order valence-corrected chi connectivity index (χ0v) is 33.8. The van der Waals surface area contributed by atoms with Gasteiger partial charge in [-0.05, 0) is 50.5 Å². The maximum absolute atomic E-state index is 13.4. The van der Waals surface area contributed by atoms with Gasteiger partial charge in [0.25, 0.3) is 0 Å². The molecule has 3 fully saturated rings. The van der Waals surface area contributed by atoms with Gasteiger partial charge in [-0.25, -0.2) is 9.59 Å². The third kappa shape index (κ3) is 13.2. The van der Waals surface area contributed by atoms with Crippen molar-refractivity contribution in [1.29, 1.82) is 0 Å². The molecular weight excluding hydrogens is 728 g/mol. The van der Waals surface area contributed by atoms with E-state index < -0.39 is 72.2 Å². The molecule has 4 aliphatic heterocycles. The minimum absolute atomic E-state index is 0.0301. The number of aliphatic hydroxyl groups excluding tert-OH is 2. The van der Waals surface area contributed by atoms with Crippen LogP contribution in [0, 0.1) is 5.41 Å². The fraction of sp³-hybridized carbons (Fsp3) is 0.762. The number of carbonyl (C=O) groups is 4. The van der Waals surface area contributed by atoms with Gasteiger partial charge in [-0.1, -0.05) is 64.2 Å². The molecule has 0 aromatic rings. The third-order valence-corrected chi connectivity index (χ3v) is 11.2. The van der Waals surface area contributed by atoms with Gasteiger partial charge in [-0.3, -0.25) is 9.59 Å². The molecule has 9 atom stereocenters. The van der Waals surface area contributed by atoms with Crippen molar-refractivity contribution in [3.63, 3.8) is 0 Å². The highest BCUT2D eigenvalue weighted by molar-refractivity contribution is 5.83. The third-order valence-electron chi connectivity index (χ3n) is 11.2. The van der Waals surface area contributed by atoms with Gasteiger partial charge in [0.2, 0.25) is 5.79 Å². The highest BCUT2D eigenvalue weighted by Crippen LogP contribution is 2.47. The van der Waals surface area contributed by atoms with Crippen molar-refractivity contribution in [2.45, 2.75) is 178 Å². The van der Waals surface area contributed by atoms with Crippen LogP contribution in [0.3, 0.4) is 0 Å². The first-order chi connectivity index (χ1) is 26.7. The van der Waals surface area contributed by atoms with Crippen LogP contribution in [0.4, 0.5) is 0 Å². The van der Waals surface area contributed by atoms with E-state index in [1.54, 1.807) is 26.0 Å². The van der Waals surface area contributed by atoms with Gasteiger partial charge in [-0.2, -0.15) is 0 Å². The van der Waals surface area contributed by atoms with E-state index in [-0.39, 0.29) is 56.0 Å². The molecule has 0 aromatic heterocycles. The average Bonchev–Trinajstić information content (AvgIpc) is 3.14. The van der Waals surface area contributed by atoms with Crippen molar-refractivity contribution in [3.8, 4) is 0 Å². The summed E-state index contributed by atoms with van der Waals surface area (Å²) in [4.78, 5) is 51.6. The molecule has 56 heavy (non-hydrogen) atoms. The number of unbranched alkanes of at least 4 members (excludes halogenated alkanes) is 4. The Kier molecular flexibility index (Phi) is 17.5. The number of esters is 4. The van der Waals surface area contributed by atoms with E-state index in [4.69, 9.17) is 33.2 Å². The maximum Gasteiger partial charge on any atom is 0.330 e. The quantitative estimate of drug-likeness (QED) is 0.0895. The number of hydrogen-bond acceptors (Lipinski definition) is 14. The van der Waals surface area contributed by atoms with Crippen LogP contribution in [0.1, 0.15) is 124 Å². The molecule has 0 spiro atoms. The van der Waals surface area contributed by atoms with Crippen molar-refractivity contribution in [2.24, 2.45) is 5.41 Å². The molecule has 0 amide bonds. The molecule has 0 aromatic carbocycles. The normalized spacial score (nSPS) is 34.8. The number of fused-ring (bicyclic) bond motifs is 6. The predicted octanol–water partition coefficient (Wildman–Crippen LogP) is 4.84. The topological polar surface area (TPSA) is 194 Å². The van der Waals surface area contributed by atoms with Gasteiger partial charge < -0.3 is 48.5 Å². The summed E-state index contributed by atoms with van der Waals surface area (Å²) in [7, 11) is 2.53. The molecular formula is C42H64O14. The Hall–Kier alpha value is -3.14. The lowest BCUT2D eigenvalue weighted by Crippen LogP contribution is -2.62. The Morgan fingerprint density at radius 3 is 2.27 bits per heavy atom. The summed E-state index contributed by atoms with van der Waals surface area (Å²) < 4.78 is 40.9. The fourth-order valence-electron chi connectivity index (χ4n) is 8.09. The first-order valence-corrected chi connectivity index (χ1v) is 20.3. The Labute approximate surface area is 330 Å². The van der Waals surface area contributed by atoms with Crippen molar-refractivity contribution in [1.82, 2.24) is 0 Å². The summed E-state index contributed by atoms with van der Waals surface area (Å²) >= 11 is 0. The zero-order valence-electron chi connectivity index (χ0n) is 33.8. The fourth-order valence-corrected chi connectivity index (χ4v) is 8.09. The van der Waals surface area contributed by atoms with Crippen LogP contribution in [0.15, 0.2) is 35.5 Å². The summed E-state index contributed by atoms with van der Waals surface area (Å²) in [6, 6.07) is 0. The van der Waals surface area contributed by atoms with E-state index >= 15 is 0 Å². The van der Waals surface area contributed by atoms with E-state index in [2.05, 4.69) is 6.92 Å². The SMILES string of the molecule is CCCCCCCC(=O)O[C@H]1/C(=C/C(=O)OC)C[C@H]2C[C@H](CO)OC(=O)C[C@H](O)C[C@@H]3CCC[C@H](C[C@@H]4C/C(=C/C(=O)OC)C[C@H](/C=C\C(C)(C)[C@]1(O)O2)O4)O3. The van der Waals surface area contributed by atoms with Crippen molar-refractivity contribution < 1.29 is 67.7 Å². The largest absolute Gasteiger partial charge is 0.466 e. The van der Waals surface area contributed by atoms with Crippen LogP contribution in [-0.4, -0.2) is 115 Å². The monoisotopic (exact) mass is 792 g/mol. The van der Waals surface area contributed by atoms with E-state index in [9.17, 15) is 34.5 Å². The molecule has 4 rings (SSSR count). The minimum Gasteiger partial charge on any atom is -0.466 e. The number of carbonyl (C=O) groups excluding carboxylic acids is 4. The lowest BCUT2D eigenvalue weighted by Gasteiger charge is -2.51. The maximum atomic E-state index is 13.4. The molecule has 0 aliphatic carbocycles. The number of hydrogen-bond donors (Lipinski definition) is 3. The van der Waals surface area contributed by atoms with Crippen molar-refractivity contribution in [3.05, 3.63) is 35.5 Å². The van der Waals surface area contributed by atoms with E-state index in [1.165, 1.54) is 26.4 Å². The van der Waals surface area contributed by atoms with Gasteiger partial charge >= 0.3 is 23.9 Å². The second-order valence-electron chi connectivity index (χ2n) is 16.2. The van der Waals surface area contributed by atoms with Gasteiger partial charge in [0, 0.05) is 43.3 Å². The Morgan fingerprint density at radius 2 is 1.57 bits per heavy atom. The van der Waals surface area contributed by atoms with E-state index in [0.717, 1.165) is 50.5 Å². The summed E-state index contributed by atoms with van der Waals surface area (Å²) in [5.74, 6) is -4.82. The summed E-state index contributed by atoms with van der Waals surface area (Å²) in [6.45, 7) is 4.92. The van der Waals surface area contributed by atoms with E-state index in [1.807, 2.05) is 0 Å². The number of rotatable bonds is 10. The summed E-state index contributed by atoms with van der Waals surface area (Å²) in [6.07, 6.45) is 8.35. The highest BCUT2D eigenvalue weighted by Gasteiger charge is 2.57. The van der Waals surface area contributed by atoms with Crippen LogP contribution in [0.2, 0.25) is 0 Å². The average molecular weight is 793 g/mol. The molecule has 0 unspecified atom stereocenters. The first kappa shape index (κ1) is 45.6. The Balaban J connectivity index is 1.75. The predicted molar refractivity (Wildman–Crippen MR) is 203 cm³/mol. The van der Waals surface area contributed by atoms with Gasteiger partial charge in [-0.15, -0.1) is 0 Å². The van der Waals surface area contributed by atoms with Crippen LogP contribution >= 0.6 is 0 Å². The minimum atomic E-state index is -2.30. The molecule has 0 radical (unpaired) electrons. The van der Waals surface area contributed by atoms with E-state index in [0.29, 0.717) is 25.7 Å². The second kappa shape index (κ2) is 21.6. The van der Waals surface area contributed by atoms with Gasteiger partial charge in [0.15, 0.2) is 6.10 Å². The molecule has 4 aliphatic rings. The molecule has 3 saturated heterocycles. The Bertz CT molecular complexity index is 1420.